The molecule has 0 saturated heterocycles. The third kappa shape index (κ3) is 3.05. The highest BCUT2D eigenvalue weighted by atomic mass is 35.5. The minimum absolute atomic E-state index is 0.364. The Hall–Kier alpha value is -1.32. The second-order valence-corrected chi connectivity index (χ2v) is 5.56. The molecule has 0 amide bonds. The molecule has 1 heterocycles. The second kappa shape index (κ2) is 6.42. The molecule has 1 unspecified atom stereocenters. The van der Waals surface area contributed by atoms with Gasteiger partial charge in [-0.1, -0.05) is 30.7 Å². The fourth-order valence-corrected chi connectivity index (χ4v) is 2.94. The quantitative estimate of drug-likeness (QED) is 0.906. The van der Waals surface area contributed by atoms with Gasteiger partial charge in [-0.3, -0.25) is 4.68 Å². The van der Waals surface area contributed by atoms with Crippen LogP contribution in [0.2, 0.25) is 5.02 Å². The monoisotopic (exact) mass is 291 g/mol. The minimum Gasteiger partial charge on any atom is -0.313 e. The normalized spacial score (nSPS) is 12.7. The standard InChI is InChI=1S/C16H22ClN3/c1-5-15(18-4)16-11(2)19-20(12(16)3)10-13-7-6-8-14(17)9-13/h6-9,15,18H,5,10H2,1-4H3. The van der Waals surface area contributed by atoms with Gasteiger partial charge in [-0.25, -0.2) is 0 Å². The average molecular weight is 292 g/mol. The molecule has 0 radical (unpaired) electrons. The summed E-state index contributed by atoms with van der Waals surface area (Å²) >= 11 is 6.04. The molecule has 0 fully saturated rings. The van der Waals surface area contributed by atoms with Crippen molar-refractivity contribution < 1.29 is 0 Å². The molecule has 1 aromatic carbocycles. The van der Waals surface area contributed by atoms with E-state index in [1.807, 2.05) is 25.2 Å². The van der Waals surface area contributed by atoms with E-state index >= 15 is 0 Å². The number of rotatable bonds is 5. The number of nitrogens with zero attached hydrogens (tertiary/aromatic N) is 2. The van der Waals surface area contributed by atoms with Gasteiger partial charge in [-0.2, -0.15) is 5.10 Å². The smallest absolute Gasteiger partial charge is 0.0663 e. The van der Waals surface area contributed by atoms with Crippen molar-refractivity contribution in [2.75, 3.05) is 7.05 Å². The van der Waals surface area contributed by atoms with Crippen molar-refractivity contribution >= 4 is 11.6 Å². The molecule has 1 N–H and O–H groups in total. The average Bonchev–Trinajstić information content (AvgIpc) is 2.68. The van der Waals surface area contributed by atoms with E-state index in [9.17, 15) is 0 Å². The molecule has 0 saturated carbocycles. The van der Waals surface area contributed by atoms with Gasteiger partial charge in [0.1, 0.15) is 0 Å². The molecule has 2 rings (SSSR count). The van der Waals surface area contributed by atoms with Crippen LogP contribution in [0.3, 0.4) is 0 Å². The summed E-state index contributed by atoms with van der Waals surface area (Å²) in [5.74, 6) is 0. The van der Waals surface area contributed by atoms with E-state index in [2.05, 4.69) is 41.9 Å². The highest BCUT2D eigenvalue weighted by molar-refractivity contribution is 6.30. The minimum atomic E-state index is 0.364. The van der Waals surface area contributed by atoms with Crippen molar-refractivity contribution in [3.8, 4) is 0 Å². The van der Waals surface area contributed by atoms with Gasteiger partial charge in [0.05, 0.1) is 12.2 Å². The lowest BCUT2D eigenvalue weighted by molar-refractivity contribution is 0.568. The van der Waals surface area contributed by atoms with E-state index in [0.717, 1.165) is 23.7 Å². The van der Waals surface area contributed by atoms with Crippen molar-refractivity contribution in [1.29, 1.82) is 0 Å². The van der Waals surface area contributed by atoms with Crippen LogP contribution in [-0.2, 0) is 6.54 Å². The first kappa shape index (κ1) is 15.1. The molecule has 0 spiro atoms. The summed E-state index contributed by atoms with van der Waals surface area (Å²) in [5, 5.41) is 8.82. The predicted molar refractivity (Wildman–Crippen MR) is 84.3 cm³/mol. The summed E-state index contributed by atoms with van der Waals surface area (Å²) < 4.78 is 2.07. The van der Waals surface area contributed by atoms with E-state index in [0.29, 0.717) is 6.04 Å². The zero-order chi connectivity index (χ0) is 14.7. The Kier molecular flexibility index (Phi) is 4.84. The highest BCUT2D eigenvalue weighted by Crippen LogP contribution is 2.24. The van der Waals surface area contributed by atoms with E-state index < -0.39 is 0 Å². The molecule has 4 heteroatoms. The van der Waals surface area contributed by atoms with Crippen LogP contribution in [0.25, 0.3) is 0 Å². The van der Waals surface area contributed by atoms with Gasteiger partial charge < -0.3 is 5.32 Å². The van der Waals surface area contributed by atoms with Crippen LogP contribution in [0.5, 0.6) is 0 Å². The van der Waals surface area contributed by atoms with Crippen LogP contribution >= 0.6 is 11.6 Å². The SMILES string of the molecule is CCC(NC)c1c(C)nn(Cc2cccc(Cl)c2)c1C. The molecule has 2 aromatic rings. The molecule has 0 aliphatic rings. The van der Waals surface area contributed by atoms with Gasteiger partial charge in [0, 0.05) is 22.3 Å². The number of hydrogen-bond donors (Lipinski definition) is 1. The largest absolute Gasteiger partial charge is 0.313 e. The van der Waals surface area contributed by atoms with Crippen LogP contribution in [0.4, 0.5) is 0 Å². The van der Waals surface area contributed by atoms with Crippen LogP contribution in [0.15, 0.2) is 24.3 Å². The third-order valence-electron chi connectivity index (χ3n) is 3.76. The number of aryl methyl sites for hydroxylation is 1. The van der Waals surface area contributed by atoms with E-state index in [4.69, 9.17) is 11.6 Å². The number of aromatic nitrogens is 2. The Balaban J connectivity index is 2.32. The second-order valence-electron chi connectivity index (χ2n) is 5.12. The molecule has 1 aromatic heterocycles. The molecular formula is C16H22ClN3. The summed E-state index contributed by atoms with van der Waals surface area (Å²) in [6.07, 6.45) is 1.06. The van der Waals surface area contributed by atoms with Crippen LogP contribution in [-0.4, -0.2) is 16.8 Å². The van der Waals surface area contributed by atoms with E-state index in [1.165, 1.54) is 16.8 Å². The van der Waals surface area contributed by atoms with E-state index in [1.54, 1.807) is 0 Å². The Morgan fingerprint density at radius 2 is 2.10 bits per heavy atom. The summed E-state index contributed by atoms with van der Waals surface area (Å²) in [6, 6.07) is 8.31. The Labute approximate surface area is 126 Å². The number of nitrogens with one attached hydrogen (secondary N) is 1. The summed E-state index contributed by atoms with van der Waals surface area (Å²) in [5.41, 5.74) is 4.82. The van der Waals surface area contributed by atoms with Crippen LogP contribution in [0, 0.1) is 13.8 Å². The van der Waals surface area contributed by atoms with E-state index in [-0.39, 0.29) is 0 Å². The van der Waals surface area contributed by atoms with Gasteiger partial charge in [-0.15, -0.1) is 0 Å². The first-order valence-corrected chi connectivity index (χ1v) is 7.40. The summed E-state index contributed by atoms with van der Waals surface area (Å²) in [6.45, 7) is 7.17. The Morgan fingerprint density at radius 3 is 2.70 bits per heavy atom. The molecule has 108 valence electrons. The first-order valence-electron chi connectivity index (χ1n) is 7.02. The van der Waals surface area contributed by atoms with Crippen LogP contribution < -0.4 is 5.32 Å². The first-order chi connectivity index (χ1) is 9.56. The zero-order valence-corrected chi connectivity index (χ0v) is 13.3. The van der Waals surface area contributed by atoms with Gasteiger partial charge in [0.25, 0.3) is 0 Å². The number of halogens is 1. The zero-order valence-electron chi connectivity index (χ0n) is 12.6. The molecule has 0 aliphatic heterocycles. The molecule has 1 atom stereocenters. The maximum atomic E-state index is 6.04. The lowest BCUT2D eigenvalue weighted by Crippen LogP contribution is -2.17. The fourth-order valence-electron chi connectivity index (χ4n) is 2.73. The molecule has 0 aliphatic carbocycles. The topological polar surface area (TPSA) is 29.9 Å². The molecule has 20 heavy (non-hydrogen) atoms. The van der Waals surface area contributed by atoms with Crippen molar-refractivity contribution in [2.45, 2.75) is 39.8 Å². The van der Waals surface area contributed by atoms with Crippen molar-refractivity contribution in [1.82, 2.24) is 15.1 Å². The number of hydrogen-bond acceptors (Lipinski definition) is 2. The van der Waals surface area contributed by atoms with Gasteiger partial charge in [0.15, 0.2) is 0 Å². The fraction of sp³-hybridized carbons (Fsp3) is 0.438. The summed E-state index contributed by atoms with van der Waals surface area (Å²) in [4.78, 5) is 0. The molecule has 3 nitrogen and oxygen atoms in total. The summed E-state index contributed by atoms with van der Waals surface area (Å²) in [7, 11) is 2.00. The van der Waals surface area contributed by atoms with Crippen molar-refractivity contribution in [2.24, 2.45) is 0 Å². The van der Waals surface area contributed by atoms with Gasteiger partial charge in [0.2, 0.25) is 0 Å². The number of benzene rings is 1. The maximum Gasteiger partial charge on any atom is 0.0663 e. The van der Waals surface area contributed by atoms with Crippen molar-refractivity contribution in [3.05, 3.63) is 51.8 Å². The Morgan fingerprint density at radius 1 is 1.35 bits per heavy atom. The molecule has 0 bridgehead atoms. The lowest BCUT2D eigenvalue weighted by Gasteiger charge is -2.15. The van der Waals surface area contributed by atoms with Crippen molar-refractivity contribution in [3.63, 3.8) is 0 Å². The lowest BCUT2D eigenvalue weighted by atomic mass is 10.0. The maximum absolute atomic E-state index is 6.04. The van der Waals surface area contributed by atoms with Crippen LogP contribution in [0.1, 0.15) is 41.9 Å². The van der Waals surface area contributed by atoms with Gasteiger partial charge >= 0.3 is 0 Å². The van der Waals surface area contributed by atoms with Gasteiger partial charge in [-0.05, 0) is 45.0 Å². The third-order valence-corrected chi connectivity index (χ3v) is 4.00. The predicted octanol–water partition coefficient (Wildman–Crippen LogP) is 3.87. The highest BCUT2D eigenvalue weighted by Gasteiger charge is 2.18. The molecular weight excluding hydrogens is 270 g/mol. The Bertz CT molecular complexity index is 585.